The molecule has 0 unspecified atom stereocenters. The van der Waals surface area contributed by atoms with E-state index in [9.17, 15) is 4.39 Å². The van der Waals surface area contributed by atoms with Gasteiger partial charge in [-0.1, -0.05) is 11.6 Å². The van der Waals surface area contributed by atoms with E-state index in [4.69, 9.17) is 21.1 Å². The van der Waals surface area contributed by atoms with Gasteiger partial charge in [0, 0.05) is 49.4 Å². The number of hydrogen-bond acceptors (Lipinski definition) is 7. The zero-order valence-electron chi connectivity index (χ0n) is 18.1. The predicted octanol–water partition coefficient (Wildman–Crippen LogP) is 4.82. The molecule has 2 aliphatic rings. The number of anilines is 3. The highest BCUT2D eigenvalue weighted by molar-refractivity contribution is 6.32. The Kier molecular flexibility index (Phi) is 6.70. The molecule has 0 amide bonds. The molecule has 5 rings (SSSR count). The summed E-state index contributed by atoms with van der Waals surface area (Å²) >= 11 is 6.23. The van der Waals surface area contributed by atoms with Gasteiger partial charge in [0.25, 0.3) is 0 Å². The lowest BCUT2D eigenvalue weighted by atomic mass is 10.1. The molecule has 1 atom stereocenters. The summed E-state index contributed by atoms with van der Waals surface area (Å²) in [6.07, 6.45) is 9.19. The molecular weight excluding hydrogens is 447 g/mol. The van der Waals surface area contributed by atoms with Gasteiger partial charge in [0.2, 0.25) is 5.95 Å². The molecule has 8 nitrogen and oxygen atoms in total. The molecule has 0 radical (unpaired) electrons. The van der Waals surface area contributed by atoms with E-state index in [1.165, 1.54) is 12.3 Å². The zero-order chi connectivity index (χ0) is 22.6. The van der Waals surface area contributed by atoms with Crippen LogP contribution in [0.1, 0.15) is 31.7 Å². The van der Waals surface area contributed by atoms with Crippen molar-refractivity contribution < 1.29 is 13.9 Å². The number of nitrogens with zero attached hydrogens (tertiary/aromatic N) is 4. The van der Waals surface area contributed by atoms with E-state index in [2.05, 4.69) is 25.7 Å². The fourth-order valence-corrected chi connectivity index (χ4v) is 4.31. The largest absolute Gasteiger partial charge is 0.381 e. The fourth-order valence-electron chi connectivity index (χ4n) is 4.15. The summed E-state index contributed by atoms with van der Waals surface area (Å²) in [6.45, 7) is 2.87. The van der Waals surface area contributed by atoms with Crippen molar-refractivity contribution in [3.63, 3.8) is 0 Å². The summed E-state index contributed by atoms with van der Waals surface area (Å²) < 4.78 is 27.9. The average Bonchev–Trinajstić information content (AvgIpc) is 3.53. The number of halogens is 2. The number of ether oxygens (including phenoxy) is 2. The number of hydrogen-bond donors (Lipinski definition) is 2. The second-order valence-electron chi connectivity index (χ2n) is 8.28. The van der Waals surface area contributed by atoms with E-state index in [-0.39, 0.29) is 11.9 Å². The molecule has 2 N–H and O–H groups in total. The maximum absolute atomic E-state index is 14.9. The topological polar surface area (TPSA) is 86.1 Å². The highest BCUT2D eigenvalue weighted by Gasteiger charge is 2.18. The van der Waals surface area contributed by atoms with E-state index in [1.807, 2.05) is 10.9 Å². The van der Waals surface area contributed by atoms with Gasteiger partial charge in [-0.2, -0.15) is 10.1 Å². The van der Waals surface area contributed by atoms with Crippen LogP contribution in [-0.4, -0.2) is 52.2 Å². The van der Waals surface area contributed by atoms with Gasteiger partial charge in [-0.25, -0.2) is 9.37 Å². The molecule has 3 aromatic rings. The normalized spacial score (nSPS) is 19.0. The quantitative estimate of drug-likeness (QED) is 0.510. The number of aromatic nitrogens is 4. The Bertz CT molecular complexity index is 1100. The summed E-state index contributed by atoms with van der Waals surface area (Å²) in [5, 5.41) is 11.1. The van der Waals surface area contributed by atoms with Crippen LogP contribution in [0, 0.1) is 5.82 Å². The number of nitrogens with one attached hydrogen (secondary N) is 2. The lowest BCUT2D eigenvalue weighted by Gasteiger charge is -2.22. The first-order valence-electron chi connectivity index (χ1n) is 11.2. The maximum atomic E-state index is 14.9. The van der Waals surface area contributed by atoms with Crippen LogP contribution in [0.2, 0.25) is 5.02 Å². The van der Waals surface area contributed by atoms with Crippen LogP contribution >= 0.6 is 11.6 Å². The van der Waals surface area contributed by atoms with E-state index in [1.54, 1.807) is 18.3 Å². The van der Waals surface area contributed by atoms with Crippen LogP contribution in [0.15, 0.2) is 36.8 Å². The molecule has 33 heavy (non-hydrogen) atoms. The third kappa shape index (κ3) is 5.26. The van der Waals surface area contributed by atoms with Gasteiger partial charge >= 0.3 is 0 Å². The lowest BCUT2D eigenvalue weighted by Crippen LogP contribution is -2.19. The van der Waals surface area contributed by atoms with Crippen molar-refractivity contribution in [2.24, 2.45) is 0 Å². The molecule has 174 valence electrons. The van der Waals surface area contributed by atoms with E-state index in [0.717, 1.165) is 51.1 Å². The van der Waals surface area contributed by atoms with Gasteiger partial charge in [-0.05, 0) is 43.9 Å². The molecule has 1 aromatic carbocycles. The van der Waals surface area contributed by atoms with Crippen LogP contribution in [0.3, 0.4) is 0 Å². The van der Waals surface area contributed by atoms with Gasteiger partial charge < -0.3 is 20.1 Å². The highest BCUT2D eigenvalue weighted by atomic mass is 35.5. The van der Waals surface area contributed by atoms with Crippen LogP contribution in [0.25, 0.3) is 11.1 Å². The standard InChI is InChI=1S/C23H26ClFN6O2/c24-20-13-27-23(30-22(20)26-12-18-2-1-7-33-18)29-16-3-4-19(21(25)10-16)15-11-28-31(14-15)17-5-8-32-9-6-17/h3-4,10-11,13-14,17-18H,1-2,5-9,12H2,(H2,26,27,29,30)/t18-/m1/s1. The SMILES string of the molecule is Fc1cc(Nc2ncc(Cl)c(NC[C@H]3CCCO3)n2)ccc1-c1cnn(C2CCOCC2)c1. The summed E-state index contributed by atoms with van der Waals surface area (Å²) in [7, 11) is 0. The van der Waals surface area contributed by atoms with Crippen molar-refractivity contribution >= 4 is 29.1 Å². The van der Waals surface area contributed by atoms with Crippen LogP contribution in [0.5, 0.6) is 0 Å². The molecule has 4 heterocycles. The minimum absolute atomic E-state index is 0.157. The fraction of sp³-hybridized carbons (Fsp3) is 0.435. The minimum atomic E-state index is -0.350. The van der Waals surface area contributed by atoms with Crippen molar-refractivity contribution in [2.75, 3.05) is 37.0 Å². The third-order valence-corrected chi connectivity index (χ3v) is 6.24. The summed E-state index contributed by atoms with van der Waals surface area (Å²) in [4.78, 5) is 8.63. The Morgan fingerprint density at radius 2 is 2.03 bits per heavy atom. The molecule has 2 fully saturated rings. The Labute approximate surface area is 196 Å². The molecule has 0 saturated carbocycles. The smallest absolute Gasteiger partial charge is 0.229 e. The van der Waals surface area contributed by atoms with Gasteiger partial charge in [0.1, 0.15) is 10.8 Å². The Morgan fingerprint density at radius 1 is 1.15 bits per heavy atom. The molecule has 2 saturated heterocycles. The first kappa shape index (κ1) is 22.1. The Balaban J connectivity index is 1.27. The molecule has 2 aliphatic heterocycles. The molecule has 10 heteroatoms. The summed E-state index contributed by atoms with van der Waals surface area (Å²) in [5.41, 5.74) is 1.78. The van der Waals surface area contributed by atoms with Gasteiger partial charge in [0.15, 0.2) is 5.82 Å². The number of rotatable bonds is 7. The van der Waals surface area contributed by atoms with E-state index in [0.29, 0.717) is 40.6 Å². The van der Waals surface area contributed by atoms with Crippen molar-refractivity contribution in [2.45, 2.75) is 37.8 Å². The van der Waals surface area contributed by atoms with Crippen molar-refractivity contribution in [1.29, 1.82) is 0 Å². The summed E-state index contributed by atoms with van der Waals surface area (Å²) in [6, 6.07) is 5.25. The maximum Gasteiger partial charge on any atom is 0.229 e. The molecule has 0 aliphatic carbocycles. The third-order valence-electron chi connectivity index (χ3n) is 5.97. The van der Waals surface area contributed by atoms with Crippen LogP contribution < -0.4 is 10.6 Å². The first-order valence-corrected chi connectivity index (χ1v) is 11.6. The second kappa shape index (κ2) is 10.0. The average molecular weight is 473 g/mol. The summed E-state index contributed by atoms with van der Waals surface area (Å²) in [5.74, 6) is 0.494. The predicted molar refractivity (Wildman–Crippen MR) is 124 cm³/mol. The van der Waals surface area contributed by atoms with E-state index < -0.39 is 0 Å². The van der Waals surface area contributed by atoms with Crippen LogP contribution in [0.4, 0.5) is 21.8 Å². The van der Waals surface area contributed by atoms with Crippen molar-refractivity contribution in [3.8, 4) is 11.1 Å². The van der Waals surface area contributed by atoms with Crippen LogP contribution in [-0.2, 0) is 9.47 Å². The Morgan fingerprint density at radius 3 is 2.82 bits per heavy atom. The monoisotopic (exact) mass is 472 g/mol. The molecule has 0 bridgehead atoms. The molecule has 0 spiro atoms. The number of benzene rings is 1. The van der Waals surface area contributed by atoms with Crippen molar-refractivity contribution in [1.82, 2.24) is 19.7 Å². The van der Waals surface area contributed by atoms with Crippen molar-refractivity contribution in [3.05, 3.63) is 47.6 Å². The second-order valence-corrected chi connectivity index (χ2v) is 8.69. The lowest BCUT2D eigenvalue weighted by molar-refractivity contribution is 0.0662. The first-order chi connectivity index (χ1) is 16.2. The molecular formula is C23H26ClFN6O2. The zero-order valence-corrected chi connectivity index (χ0v) is 18.9. The van der Waals surface area contributed by atoms with Gasteiger partial charge in [0.05, 0.1) is 24.5 Å². The molecule has 2 aromatic heterocycles. The Hall–Kier alpha value is -2.75. The minimum Gasteiger partial charge on any atom is -0.381 e. The van der Waals surface area contributed by atoms with Gasteiger partial charge in [-0.3, -0.25) is 4.68 Å². The highest BCUT2D eigenvalue weighted by Crippen LogP contribution is 2.29. The van der Waals surface area contributed by atoms with E-state index >= 15 is 0 Å². The van der Waals surface area contributed by atoms with Gasteiger partial charge in [-0.15, -0.1) is 0 Å².